The fourth-order valence-corrected chi connectivity index (χ4v) is 3.68. The quantitative estimate of drug-likeness (QED) is 0.792. The molecule has 3 unspecified atom stereocenters. The maximum absolute atomic E-state index is 3.63. The molecule has 0 heterocycles. The highest BCUT2D eigenvalue weighted by Gasteiger charge is 2.35. The van der Waals surface area contributed by atoms with E-state index in [1.807, 2.05) is 0 Å². The normalized spacial score (nSPS) is 28.1. The largest absolute Gasteiger partial charge is 0.385 e. The predicted octanol–water partition coefficient (Wildman–Crippen LogP) is 4.46. The maximum atomic E-state index is 3.63. The summed E-state index contributed by atoms with van der Waals surface area (Å²) in [6.45, 7) is 1.11. The Balaban J connectivity index is 1.48. The minimum Gasteiger partial charge on any atom is -0.385 e. The van der Waals surface area contributed by atoms with Crippen molar-refractivity contribution >= 4 is 16.5 Å². The Labute approximate surface area is 114 Å². The van der Waals surface area contributed by atoms with Gasteiger partial charge in [0.2, 0.25) is 0 Å². The molecule has 1 N–H and O–H groups in total. The standard InChI is InChI=1S/C18H19N/c1-2-4-15-11-18(8-7-14(15)3-1)19-12-17-10-13-5-6-16(17)9-13/h1-8,11,13,16-17,19H,9-10,12H2. The summed E-state index contributed by atoms with van der Waals surface area (Å²) in [6, 6.07) is 15.2. The molecule has 1 nitrogen and oxygen atoms in total. The van der Waals surface area contributed by atoms with Gasteiger partial charge in [0.25, 0.3) is 0 Å². The lowest BCUT2D eigenvalue weighted by atomic mass is 9.93. The first kappa shape index (κ1) is 11.1. The van der Waals surface area contributed by atoms with E-state index in [2.05, 4.69) is 59.9 Å². The van der Waals surface area contributed by atoms with Crippen LogP contribution in [0.4, 0.5) is 5.69 Å². The van der Waals surface area contributed by atoms with Crippen LogP contribution in [0.15, 0.2) is 54.6 Å². The number of hydrogen-bond acceptors (Lipinski definition) is 1. The Morgan fingerprint density at radius 1 is 0.947 bits per heavy atom. The van der Waals surface area contributed by atoms with Gasteiger partial charge in [0.15, 0.2) is 0 Å². The number of fused-ring (bicyclic) bond motifs is 3. The van der Waals surface area contributed by atoms with Crippen molar-refractivity contribution in [2.45, 2.75) is 12.8 Å². The van der Waals surface area contributed by atoms with E-state index in [1.54, 1.807) is 0 Å². The molecule has 2 aliphatic carbocycles. The van der Waals surface area contributed by atoms with Crippen molar-refractivity contribution in [3.8, 4) is 0 Å². The van der Waals surface area contributed by atoms with Crippen LogP contribution in [0.3, 0.4) is 0 Å². The summed E-state index contributed by atoms with van der Waals surface area (Å²) in [5.41, 5.74) is 1.26. The van der Waals surface area contributed by atoms with E-state index < -0.39 is 0 Å². The number of hydrogen-bond donors (Lipinski definition) is 1. The average Bonchev–Trinajstić information content (AvgIpc) is 3.07. The summed E-state index contributed by atoms with van der Waals surface area (Å²) in [7, 11) is 0. The topological polar surface area (TPSA) is 12.0 Å². The first-order chi connectivity index (χ1) is 9.38. The van der Waals surface area contributed by atoms with Crippen LogP contribution in [0.2, 0.25) is 0 Å². The Morgan fingerprint density at radius 3 is 2.63 bits per heavy atom. The van der Waals surface area contributed by atoms with Gasteiger partial charge in [-0.15, -0.1) is 0 Å². The van der Waals surface area contributed by atoms with Gasteiger partial charge < -0.3 is 5.32 Å². The van der Waals surface area contributed by atoms with Crippen LogP contribution in [0.1, 0.15) is 12.8 Å². The third-order valence-corrected chi connectivity index (χ3v) is 4.73. The molecule has 0 aromatic heterocycles. The molecule has 96 valence electrons. The Kier molecular flexibility index (Phi) is 2.58. The van der Waals surface area contributed by atoms with Crippen molar-refractivity contribution in [3.05, 3.63) is 54.6 Å². The summed E-state index contributed by atoms with van der Waals surface area (Å²) < 4.78 is 0. The zero-order chi connectivity index (χ0) is 12.7. The maximum Gasteiger partial charge on any atom is 0.0346 e. The summed E-state index contributed by atoms with van der Waals surface area (Å²) in [6.07, 6.45) is 7.61. The van der Waals surface area contributed by atoms with Gasteiger partial charge in [-0.05, 0) is 53.5 Å². The van der Waals surface area contributed by atoms with Gasteiger partial charge in [0.05, 0.1) is 0 Å². The fraction of sp³-hybridized carbons (Fsp3) is 0.333. The van der Waals surface area contributed by atoms with Crippen molar-refractivity contribution < 1.29 is 0 Å². The predicted molar refractivity (Wildman–Crippen MR) is 81.3 cm³/mol. The van der Waals surface area contributed by atoms with Crippen LogP contribution < -0.4 is 5.32 Å². The number of allylic oxidation sites excluding steroid dienone is 2. The summed E-state index contributed by atoms with van der Waals surface area (Å²) >= 11 is 0. The van der Waals surface area contributed by atoms with Crippen LogP contribution >= 0.6 is 0 Å². The van der Waals surface area contributed by atoms with Crippen molar-refractivity contribution in [2.75, 3.05) is 11.9 Å². The highest BCUT2D eigenvalue weighted by atomic mass is 14.9. The molecule has 2 bridgehead atoms. The van der Waals surface area contributed by atoms with E-state index in [9.17, 15) is 0 Å². The summed E-state index contributed by atoms with van der Waals surface area (Å²) in [5.74, 6) is 2.54. The molecule has 1 fully saturated rings. The van der Waals surface area contributed by atoms with Gasteiger partial charge in [-0.25, -0.2) is 0 Å². The molecule has 4 rings (SSSR count). The fourth-order valence-electron chi connectivity index (χ4n) is 3.68. The molecule has 0 aliphatic heterocycles. The minimum atomic E-state index is 0.831. The smallest absolute Gasteiger partial charge is 0.0346 e. The first-order valence-corrected chi connectivity index (χ1v) is 7.29. The monoisotopic (exact) mass is 249 g/mol. The molecule has 0 spiro atoms. The highest BCUT2D eigenvalue weighted by Crippen LogP contribution is 2.43. The molecule has 0 amide bonds. The van der Waals surface area contributed by atoms with Crippen molar-refractivity contribution in [1.29, 1.82) is 0 Å². The SMILES string of the molecule is C1=CC2CC1CC2CNc1ccc2ccccc2c1. The van der Waals surface area contributed by atoms with E-state index in [0.29, 0.717) is 0 Å². The molecule has 3 atom stereocenters. The third-order valence-electron chi connectivity index (χ3n) is 4.73. The lowest BCUT2D eigenvalue weighted by Crippen LogP contribution is -2.18. The molecule has 19 heavy (non-hydrogen) atoms. The molecular formula is C18H19N. The van der Waals surface area contributed by atoms with E-state index in [-0.39, 0.29) is 0 Å². The Bertz CT molecular complexity index is 628. The van der Waals surface area contributed by atoms with Gasteiger partial charge in [0.1, 0.15) is 0 Å². The van der Waals surface area contributed by atoms with Crippen LogP contribution in [0.25, 0.3) is 10.8 Å². The molecule has 0 radical (unpaired) electrons. The zero-order valence-electron chi connectivity index (χ0n) is 11.0. The molecule has 0 saturated heterocycles. The van der Waals surface area contributed by atoms with Crippen molar-refractivity contribution in [3.63, 3.8) is 0 Å². The van der Waals surface area contributed by atoms with Crippen LogP contribution in [0, 0.1) is 17.8 Å². The van der Waals surface area contributed by atoms with Gasteiger partial charge >= 0.3 is 0 Å². The first-order valence-electron chi connectivity index (χ1n) is 7.29. The Hall–Kier alpha value is -1.76. The summed E-state index contributed by atoms with van der Waals surface area (Å²) in [5, 5.41) is 6.27. The lowest BCUT2D eigenvalue weighted by molar-refractivity contribution is 0.472. The molecule has 2 aromatic carbocycles. The van der Waals surface area contributed by atoms with E-state index in [1.165, 1.54) is 29.3 Å². The Morgan fingerprint density at radius 2 is 1.84 bits per heavy atom. The lowest BCUT2D eigenvalue weighted by Gasteiger charge is -2.19. The number of benzene rings is 2. The van der Waals surface area contributed by atoms with Crippen molar-refractivity contribution in [1.82, 2.24) is 0 Å². The highest BCUT2D eigenvalue weighted by molar-refractivity contribution is 5.85. The molecule has 2 aliphatic rings. The molecule has 2 aromatic rings. The minimum absolute atomic E-state index is 0.831. The van der Waals surface area contributed by atoms with Crippen LogP contribution in [-0.4, -0.2) is 6.54 Å². The van der Waals surface area contributed by atoms with Gasteiger partial charge in [-0.3, -0.25) is 0 Å². The van der Waals surface area contributed by atoms with Gasteiger partial charge in [0, 0.05) is 12.2 Å². The van der Waals surface area contributed by atoms with E-state index in [4.69, 9.17) is 0 Å². The third kappa shape index (κ3) is 2.03. The summed E-state index contributed by atoms with van der Waals surface area (Å²) in [4.78, 5) is 0. The van der Waals surface area contributed by atoms with Crippen LogP contribution in [-0.2, 0) is 0 Å². The van der Waals surface area contributed by atoms with Gasteiger partial charge in [-0.1, -0.05) is 42.5 Å². The second kappa shape index (κ2) is 4.41. The molecular weight excluding hydrogens is 230 g/mol. The van der Waals surface area contributed by atoms with Crippen molar-refractivity contribution in [2.24, 2.45) is 17.8 Å². The number of nitrogens with one attached hydrogen (secondary N) is 1. The average molecular weight is 249 g/mol. The second-order valence-electron chi connectivity index (χ2n) is 5.98. The van der Waals surface area contributed by atoms with Gasteiger partial charge in [-0.2, -0.15) is 0 Å². The van der Waals surface area contributed by atoms with E-state index >= 15 is 0 Å². The number of anilines is 1. The van der Waals surface area contributed by atoms with Crippen LogP contribution in [0.5, 0.6) is 0 Å². The second-order valence-corrected chi connectivity index (χ2v) is 5.98. The van der Waals surface area contributed by atoms with E-state index in [0.717, 1.165) is 24.3 Å². The number of rotatable bonds is 3. The molecule has 1 heteroatoms. The molecule has 1 saturated carbocycles. The zero-order valence-corrected chi connectivity index (χ0v) is 11.0.